The molecule has 0 atom stereocenters. The molecule has 0 spiro atoms. The van der Waals surface area contributed by atoms with Gasteiger partial charge in [-0.1, -0.05) is 30.9 Å². The Hall–Kier alpha value is -0.900. The molecule has 94 valence electrons. The van der Waals surface area contributed by atoms with Crippen LogP contribution in [0.5, 0.6) is 0 Å². The van der Waals surface area contributed by atoms with E-state index < -0.39 is 0 Å². The van der Waals surface area contributed by atoms with Crippen molar-refractivity contribution in [1.82, 2.24) is 15.0 Å². The molecule has 2 aliphatic carbocycles. The first-order valence-electron chi connectivity index (χ1n) is 6.95. The Morgan fingerprint density at radius 1 is 1.06 bits per heavy atom. The van der Waals surface area contributed by atoms with Crippen LogP contribution in [0.25, 0.3) is 0 Å². The molecule has 1 aromatic rings. The van der Waals surface area contributed by atoms with E-state index in [1.54, 1.807) is 0 Å². The molecule has 0 saturated heterocycles. The summed E-state index contributed by atoms with van der Waals surface area (Å²) >= 11 is 0. The Bertz CT molecular complexity index is 378. The minimum Gasteiger partial charge on any atom is -0.390 e. The third-order valence-corrected chi connectivity index (χ3v) is 4.37. The van der Waals surface area contributed by atoms with Crippen molar-refractivity contribution >= 4 is 0 Å². The van der Waals surface area contributed by atoms with E-state index in [0.717, 1.165) is 5.69 Å². The van der Waals surface area contributed by atoms with Gasteiger partial charge in [0.1, 0.15) is 5.69 Å². The normalized spacial score (nSPS) is 22.6. The van der Waals surface area contributed by atoms with Gasteiger partial charge in [0.05, 0.1) is 18.3 Å². The number of aliphatic hydroxyl groups excluding tert-OH is 1. The van der Waals surface area contributed by atoms with Crippen molar-refractivity contribution in [3.05, 3.63) is 11.4 Å². The maximum absolute atomic E-state index is 9.38. The fourth-order valence-electron chi connectivity index (χ4n) is 3.15. The highest BCUT2D eigenvalue weighted by Crippen LogP contribution is 2.40. The van der Waals surface area contributed by atoms with Crippen LogP contribution in [0, 0.1) is 0 Å². The summed E-state index contributed by atoms with van der Waals surface area (Å²) in [6, 6.07) is 0.534. The summed E-state index contributed by atoms with van der Waals surface area (Å²) in [5, 5.41) is 17.9. The fourth-order valence-corrected chi connectivity index (χ4v) is 3.15. The number of hydrogen-bond donors (Lipinski definition) is 1. The zero-order chi connectivity index (χ0) is 11.7. The van der Waals surface area contributed by atoms with Crippen LogP contribution in [-0.4, -0.2) is 20.1 Å². The van der Waals surface area contributed by atoms with Crippen molar-refractivity contribution in [2.75, 3.05) is 0 Å². The van der Waals surface area contributed by atoms with Crippen LogP contribution in [0.15, 0.2) is 0 Å². The van der Waals surface area contributed by atoms with Crippen LogP contribution >= 0.6 is 0 Å². The van der Waals surface area contributed by atoms with Crippen LogP contribution in [0.3, 0.4) is 0 Å². The van der Waals surface area contributed by atoms with Gasteiger partial charge in [-0.25, -0.2) is 4.68 Å². The Kier molecular flexibility index (Phi) is 3.14. The second kappa shape index (κ2) is 4.77. The molecule has 1 aromatic heterocycles. The van der Waals surface area contributed by atoms with Gasteiger partial charge in [0.25, 0.3) is 0 Å². The van der Waals surface area contributed by atoms with E-state index in [0.29, 0.717) is 12.0 Å². The molecule has 0 amide bonds. The highest BCUT2D eigenvalue weighted by molar-refractivity contribution is 5.18. The van der Waals surface area contributed by atoms with E-state index in [4.69, 9.17) is 0 Å². The first-order valence-corrected chi connectivity index (χ1v) is 6.95. The van der Waals surface area contributed by atoms with E-state index in [1.165, 1.54) is 57.1 Å². The molecule has 2 fully saturated rings. The van der Waals surface area contributed by atoms with Crippen molar-refractivity contribution in [3.8, 4) is 0 Å². The van der Waals surface area contributed by atoms with Gasteiger partial charge in [0.2, 0.25) is 0 Å². The van der Waals surface area contributed by atoms with Crippen LogP contribution in [0.1, 0.15) is 74.7 Å². The predicted octanol–water partition coefficient (Wildman–Crippen LogP) is 2.54. The molecule has 1 heterocycles. The van der Waals surface area contributed by atoms with E-state index in [1.807, 2.05) is 0 Å². The highest BCUT2D eigenvalue weighted by Gasteiger charge is 2.30. The number of aliphatic hydroxyl groups is 1. The molecule has 4 heteroatoms. The van der Waals surface area contributed by atoms with Crippen LogP contribution < -0.4 is 0 Å². The summed E-state index contributed by atoms with van der Waals surface area (Å²) in [6.07, 6.45) is 10.2. The average molecular weight is 235 g/mol. The molecule has 0 bridgehead atoms. The summed E-state index contributed by atoms with van der Waals surface area (Å²) in [7, 11) is 0. The zero-order valence-electron chi connectivity index (χ0n) is 10.3. The number of rotatable bonds is 3. The maximum Gasteiger partial charge on any atom is 0.112 e. The van der Waals surface area contributed by atoms with Gasteiger partial charge in [-0.2, -0.15) is 0 Å². The third-order valence-electron chi connectivity index (χ3n) is 4.37. The van der Waals surface area contributed by atoms with Crippen LogP contribution in [0.4, 0.5) is 0 Å². The first-order chi connectivity index (χ1) is 8.40. The van der Waals surface area contributed by atoms with Crippen molar-refractivity contribution in [2.45, 2.75) is 69.9 Å². The Morgan fingerprint density at radius 2 is 1.82 bits per heavy atom. The number of aromatic nitrogens is 3. The second-order valence-corrected chi connectivity index (χ2v) is 5.44. The van der Waals surface area contributed by atoms with Crippen molar-refractivity contribution in [1.29, 1.82) is 0 Å². The lowest BCUT2D eigenvalue weighted by atomic mass is 9.81. The summed E-state index contributed by atoms with van der Waals surface area (Å²) in [5.74, 6) is 0.606. The molecule has 17 heavy (non-hydrogen) atoms. The maximum atomic E-state index is 9.38. The largest absolute Gasteiger partial charge is 0.390 e. The smallest absolute Gasteiger partial charge is 0.112 e. The van der Waals surface area contributed by atoms with Gasteiger partial charge in [0.15, 0.2) is 0 Å². The van der Waals surface area contributed by atoms with Gasteiger partial charge in [-0.3, -0.25) is 0 Å². The molecule has 3 rings (SSSR count). The lowest BCUT2D eigenvalue weighted by Gasteiger charge is -2.30. The second-order valence-electron chi connectivity index (χ2n) is 5.44. The first kappa shape index (κ1) is 11.2. The van der Waals surface area contributed by atoms with Crippen LogP contribution in [0.2, 0.25) is 0 Å². The van der Waals surface area contributed by atoms with Crippen molar-refractivity contribution in [2.24, 2.45) is 0 Å². The fraction of sp³-hybridized carbons (Fsp3) is 0.846. The minimum atomic E-state index is 0.0402. The van der Waals surface area contributed by atoms with Crippen LogP contribution in [-0.2, 0) is 6.61 Å². The Labute approximate surface area is 102 Å². The summed E-state index contributed by atoms with van der Waals surface area (Å²) in [4.78, 5) is 0. The molecule has 0 aliphatic heterocycles. The predicted molar refractivity (Wildman–Crippen MR) is 64.7 cm³/mol. The molecule has 1 N–H and O–H groups in total. The monoisotopic (exact) mass is 235 g/mol. The molecule has 2 saturated carbocycles. The SMILES string of the molecule is OCc1nnn(C2CCCCC2)c1C1CCC1. The molecular formula is C13H21N3O. The van der Waals surface area contributed by atoms with Gasteiger partial charge >= 0.3 is 0 Å². The van der Waals surface area contributed by atoms with E-state index in [-0.39, 0.29) is 6.61 Å². The number of nitrogens with zero attached hydrogens (tertiary/aromatic N) is 3. The van der Waals surface area contributed by atoms with Gasteiger partial charge in [0, 0.05) is 5.92 Å². The Morgan fingerprint density at radius 3 is 2.41 bits per heavy atom. The molecule has 0 unspecified atom stereocenters. The van der Waals surface area contributed by atoms with Crippen molar-refractivity contribution in [3.63, 3.8) is 0 Å². The van der Waals surface area contributed by atoms with Gasteiger partial charge in [-0.05, 0) is 25.7 Å². The van der Waals surface area contributed by atoms with Gasteiger partial charge in [-0.15, -0.1) is 5.10 Å². The average Bonchev–Trinajstić information content (AvgIpc) is 2.72. The Balaban J connectivity index is 1.89. The molecule has 0 aromatic carbocycles. The zero-order valence-corrected chi connectivity index (χ0v) is 10.3. The molecule has 4 nitrogen and oxygen atoms in total. The highest BCUT2D eigenvalue weighted by atomic mass is 16.3. The lowest BCUT2D eigenvalue weighted by molar-refractivity contribution is 0.267. The standard InChI is InChI=1S/C13H21N3O/c17-9-12-13(10-5-4-6-10)16(15-14-12)11-7-2-1-3-8-11/h10-11,17H,1-9H2. The molecular weight excluding hydrogens is 214 g/mol. The summed E-state index contributed by atoms with van der Waals surface area (Å²) in [5.41, 5.74) is 2.06. The van der Waals surface area contributed by atoms with E-state index >= 15 is 0 Å². The molecule has 0 radical (unpaired) electrons. The quantitative estimate of drug-likeness (QED) is 0.876. The van der Waals surface area contributed by atoms with Gasteiger partial charge < -0.3 is 5.11 Å². The number of hydrogen-bond acceptors (Lipinski definition) is 3. The molecule has 2 aliphatic rings. The van der Waals surface area contributed by atoms with E-state index in [9.17, 15) is 5.11 Å². The lowest BCUT2D eigenvalue weighted by Crippen LogP contribution is -2.22. The van der Waals surface area contributed by atoms with E-state index in [2.05, 4.69) is 15.0 Å². The van der Waals surface area contributed by atoms with Crippen molar-refractivity contribution < 1.29 is 5.11 Å². The minimum absolute atomic E-state index is 0.0402. The summed E-state index contributed by atoms with van der Waals surface area (Å²) < 4.78 is 2.15. The third kappa shape index (κ3) is 1.99. The summed E-state index contributed by atoms with van der Waals surface area (Å²) in [6.45, 7) is 0.0402. The topological polar surface area (TPSA) is 50.9 Å².